The van der Waals surface area contributed by atoms with Gasteiger partial charge in [-0.3, -0.25) is 9.40 Å². The van der Waals surface area contributed by atoms with E-state index in [1.165, 1.54) is 23.0 Å². The molecule has 0 aliphatic heterocycles. The highest BCUT2D eigenvalue weighted by atomic mass is 35.5. The number of halogens is 5. The molecule has 19 heteroatoms. The lowest BCUT2D eigenvalue weighted by Gasteiger charge is -2.21. The summed E-state index contributed by atoms with van der Waals surface area (Å²) in [6.07, 6.45) is -2.36. The highest BCUT2D eigenvalue weighted by Crippen LogP contribution is 2.41. The molecule has 0 bridgehead atoms. The first-order chi connectivity index (χ1) is 23.4. The largest absolute Gasteiger partial charge is 0.465 e. The Labute approximate surface area is 290 Å². The van der Waals surface area contributed by atoms with Crippen LogP contribution in [0.2, 0.25) is 30.7 Å². The average molecular weight is 756 g/mol. The number of alkyl halides is 2. The lowest BCUT2D eigenvalue weighted by Crippen LogP contribution is -2.29. The predicted octanol–water partition coefficient (Wildman–Crippen LogP) is 6.88. The van der Waals surface area contributed by atoms with Gasteiger partial charge in [-0.25, -0.2) is 40.4 Å². The molecule has 0 aliphatic rings. The molecule has 0 radical (unpaired) electrons. The maximum Gasteiger partial charge on any atom is 0.405 e. The summed E-state index contributed by atoms with van der Waals surface area (Å²) in [7, 11) is -5.35. The van der Waals surface area contributed by atoms with E-state index in [1.54, 1.807) is 6.07 Å². The Balaban J connectivity index is 1.78. The van der Waals surface area contributed by atoms with Gasteiger partial charge in [-0.2, -0.15) is 10.2 Å². The monoisotopic (exact) mass is 755 g/mol. The summed E-state index contributed by atoms with van der Waals surface area (Å²) in [5.41, 5.74) is 1.26. The van der Waals surface area contributed by atoms with Crippen molar-refractivity contribution < 1.29 is 40.6 Å². The van der Waals surface area contributed by atoms with Crippen LogP contribution >= 0.6 is 11.6 Å². The van der Waals surface area contributed by atoms with Crippen molar-refractivity contribution in [2.75, 3.05) is 17.6 Å². The molecule has 0 aliphatic carbocycles. The van der Waals surface area contributed by atoms with Gasteiger partial charge in [-0.15, -0.1) is 0 Å². The predicted molar refractivity (Wildman–Crippen MR) is 184 cm³/mol. The van der Waals surface area contributed by atoms with Crippen LogP contribution in [0.15, 0.2) is 42.6 Å². The molecule has 50 heavy (non-hydrogen) atoms. The number of amides is 1. The van der Waals surface area contributed by atoms with Gasteiger partial charge >= 0.3 is 6.09 Å². The van der Waals surface area contributed by atoms with Crippen LogP contribution in [0.1, 0.15) is 17.3 Å². The molecule has 0 saturated heterocycles. The van der Waals surface area contributed by atoms with Crippen LogP contribution in [0.4, 0.5) is 28.2 Å². The molecule has 1 atom stereocenters. The molecule has 0 unspecified atom stereocenters. The van der Waals surface area contributed by atoms with Gasteiger partial charge in [0.05, 0.1) is 45.6 Å². The molecular weight excluding hydrogens is 722 g/mol. The summed E-state index contributed by atoms with van der Waals surface area (Å²) < 4.78 is 91.3. The number of benzene rings is 2. The van der Waals surface area contributed by atoms with Crippen LogP contribution in [0, 0.1) is 11.6 Å². The molecule has 5 aromatic rings. The van der Waals surface area contributed by atoms with E-state index in [4.69, 9.17) is 21.3 Å². The van der Waals surface area contributed by atoms with E-state index in [-0.39, 0.29) is 57.3 Å². The van der Waals surface area contributed by atoms with Gasteiger partial charge in [-0.05, 0) is 42.3 Å². The molecule has 0 saturated carbocycles. The lowest BCUT2D eigenvalue weighted by atomic mass is 9.93. The number of fused-ring (bicyclic) bond motifs is 2. The van der Waals surface area contributed by atoms with Crippen molar-refractivity contribution in [3.05, 3.63) is 70.5 Å². The highest BCUT2D eigenvalue weighted by Gasteiger charge is 2.28. The Morgan fingerprint density at radius 1 is 1.08 bits per heavy atom. The van der Waals surface area contributed by atoms with Crippen LogP contribution in [0.3, 0.4) is 0 Å². The van der Waals surface area contributed by atoms with Crippen LogP contribution in [0.25, 0.3) is 33.1 Å². The number of ether oxygens (including phenoxy) is 1. The van der Waals surface area contributed by atoms with E-state index in [9.17, 15) is 35.9 Å². The number of aromatic nitrogens is 5. The molecule has 3 heterocycles. The Morgan fingerprint density at radius 2 is 1.78 bits per heavy atom. The van der Waals surface area contributed by atoms with E-state index in [2.05, 4.69) is 39.9 Å². The number of pyridine rings is 1. The van der Waals surface area contributed by atoms with Gasteiger partial charge < -0.3 is 15.2 Å². The molecular formula is C31H34ClF4N7O5SSi. The third kappa shape index (κ3) is 8.90. The maximum absolute atomic E-state index is 14.2. The van der Waals surface area contributed by atoms with E-state index in [0.717, 1.165) is 29.1 Å². The number of sulfonamides is 1. The molecule has 12 nitrogen and oxygen atoms in total. The van der Waals surface area contributed by atoms with E-state index in [1.807, 2.05) is 0 Å². The van der Waals surface area contributed by atoms with Crippen molar-refractivity contribution in [2.45, 2.75) is 57.8 Å². The first-order valence-corrected chi connectivity index (χ1v) is 21.2. The minimum Gasteiger partial charge on any atom is -0.465 e. The number of carboxylic acid groups (broad SMARTS) is 1. The van der Waals surface area contributed by atoms with Crippen molar-refractivity contribution in [1.82, 2.24) is 29.9 Å². The van der Waals surface area contributed by atoms with Gasteiger partial charge in [0.15, 0.2) is 5.82 Å². The smallest absolute Gasteiger partial charge is 0.405 e. The van der Waals surface area contributed by atoms with Crippen molar-refractivity contribution in [2.24, 2.45) is 0 Å². The molecule has 3 aromatic heterocycles. The summed E-state index contributed by atoms with van der Waals surface area (Å²) in [6, 6.07) is 6.93. The van der Waals surface area contributed by atoms with Crippen molar-refractivity contribution in [3.8, 4) is 11.1 Å². The van der Waals surface area contributed by atoms with Crippen molar-refractivity contribution in [1.29, 1.82) is 0 Å². The molecule has 5 rings (SSSR count). The number of anilines is 1. The normalized spacial score (nSPS) is 13.0. The number of nitrogens with zero attached hydrogens (tertiary/aromatic N) is 5. The molecule has 268 valence electrons. The summed E-state index contributed by atoms with van der Waals surface area (Å²) in [6.45, 7) is 6.18. The number of hydrogen-bond acceptors (Lipinski definition) is 7. The van der Waals surface area contributed by atoms with E-state index < -0.39 is 54.8 Å². The Bertz CT molecular complexity index is 2160. The molecule has 0 spiro atoms. The summed E-state index contributed by atoms with van der Waals surface area (Å²) in [5, 5.41) is 20.7. The number of hydrogen-bond donors (Lipinski definition) is 3. The number of carbonyl (C=O) groups is 1. The van der Waals surface area contributed by atoms with Crippen LogP contribution in [-0.4, -0.2) is 71.5 Å². The standard InChI is InChI=1S/C31H34ClF4N7O5SSi/c1-49(46,47)41-30-27-22(32)6-5-20(29(27)42(40-30)15-26(35)36)21-13-25-24(14-37-43(25)16-48-7-8-50(2,3)4)38-28(21)23(39-31(44)45)11-17-9-18(33)12-19(34)10-17/h5-6,9-10,12-14,23,26,39H,7-8,11,15-16H2,1-4H3,(H,40,41)(H,44,45)/t23-/m0/s1. The molecule has 2 aromatic carbocycles. The third-order valence-corrected chi connectivity index (χ3v) is 10.2. The minimum atomic E-state index is -3.95. The zero-order valence-electron chi connectivity index (χ0n) is 27.3. The fraction of sp³-hybridized carbons (Fsp3) is 0.355. The topological polar surface area (TPSA) is 153 Å². The molecule has 1 amide bonds. The number of nitrogens with one attached hydrogen (secondary N) is 2. The van der Waals surface area contributed by atoms with Gasteiger partial charge in [0.25, 0.3) is 6.43 Å². The minimum absolute atomic E-state index is 0.000535. The number of rotatable bonds is 14. The van der Waals surface area contributed by atoms with E-state index >= 15 is 0 Å². The average Bonchev–Trinajstić information content (AvgIpc) is 3.53. The summed E-state index contributed by atoms with van der Waals surface area (Å²) in [4.78, 5) is 16.9. The van der Waals surface area contributed by atoms with Crippen molar-refractivity contribution in [3.63, 3.8) is 0 Å². The Kier molecular flexibility index (Phi) is 10.8. The summed E-state index contributed by atoms with van der Waals surface area (Å²) in [5.74, 6) is -2.06. The first-order valence-electron chi connectivity index (χ1n) is 15.2. The Morgan fingerprint density at radius 3 is 2.40 bits per heavy atom. The second-order valence-electron chi connectivity index (χ2n) is 12.9. The van der Waals surface area contributed by atoms with Crippen LogP contribution in [-0.2, 0) is 34.5 Å². The SMILES string of the molecule is C[Si](C)(C)CCOCn1ncc2nc([C@H](Cc3cc(F)cc(F)c3)NC(=O)O)c(-c3ccc(Cl)c4c(NS(C)(=O)=O)nn(CC(F)F)c34)cc21. The first kappa shape index (κ1) is 37.0. The third-order valence-electron chi connectivity index (χ3n) is 7.58. The quantitative estimate of drug-likeness (QED) is 0.0630. The molecule has 3 N–H and O–H groups in total. The van der Waals surface area contributed by atoms with E-state index in [0.29, 0.717) is 23.7 Å². The zero-order chi connectivity index (χ0) is 36.5. The van der Waals surface area contributed by atoms with Gasteiger partial charge in [0.1, 0.15) is 30.4 Å². The van der Waals surface area contributed by atoms with Gasteiger partial charge in [0.2, 0.25) is 10.0 Å². The van der Waals surface area contributed by atoms with Gasteiger partial charge in [-0.1, -0.05) is 37.3 Å². The second kappa shape index (κ2) is 14.5. The second-order valence-corrected chi connectivity index (χ2v) is 20.7. The van der Waals surface area contributed by atoms with Crippen LogP contribution in [0.5, 0.6) is 0 Å². The molecule has 0 fully saturated rings. The van der Waals surface area contributed by atoms with Crippen LogP contribution < -0.4 is 10.0 Å². The fourth-order valence-electron chi connectivity index (χ4n) is 5.47. The highest BCUT2D eigenvalue weighted by molar-refractivity contribution is 7.92. The zero-order valence-corrected chi connectivity index (χ0v) is 29.9. The van der Waals surface area contributed by atoms with Crippen molar-refractivity contribution >= 4 is 63.5 Å². The summed E-state index contributed by atoms with van der Waals surface area (Å²) >= 11 is 6.53. The Hall–Kier alpha value is -4.26. The maximum atomic E-state index is 14.2. The fourth-order valence-corrected chi connectivity index (χ4v) is 6.96. The van der Waals surface area contributed by atoms with Gasteiger partial charge in [0, 0.05) is 31.9 Å². The lowest BCUT2D eigenvalue weighted by molar-refractivity contribution is 0.0817.